The van der Waals surface area contributed by atoms with Crippen LogP contribution >= 0.6 is 0 Å². The normalized spacial score (nSPS) is 31.0. The summed E-state index contributed by atoms with van der Waals surface area (Å²) in [4.78, 5) is 2.57. The smallest absolute Gasteiger partial charge is 0.189 e. The van der Waals surface area contributed by atoms with E-state index in [-0.39, 0.29) is 25.0 Å². The van der Waals surface area contributed by atoms with Gasteiger partial charge in [0.2, 0.25) is 0 Å². The van der Waals surface area contributed by atoms with Crippen molar-refractivity contribution in [2.75, 3.05) is 60.5 Å². The lowest BCUT2D eigenvalue weighted by molar-refractivity contribution is -0.178. The molecular weight excluding hydrogens is 486 g/mol. The Bertz CT molecular complexity index is 935. The van der Waals surface area contributed by atoms with Gasteiger partial charge in [0.25, 0.3) is 0 Å². The SMILES string of the molecule is CC[C@H](OCCCOC)[C@@H]1Oc2c(OCOCCOC)ccc3c2[C@@]12CCN(CC1CCC1)[C@H](C3)[C@@]2(C)O. The second-order valence-electron chi connectivity index (χ2n) is 11.7. The number of fused-ring (bicyclic) bond motifs is 1. The maximum absolute atomic E-state index is 12.6. The van der Waals surface area contributed by atoms with Crippen LogP contribution in [0.4, 0.5) is 0 Å². The Labute approximate surface area is 227 Å². The molecule has 8 nitrogen and oxygen atoms in total. The van der Waals surface area contributed by atoms with E-state index in [0.29, 0.717) is 32.2 Å². The zero-order valence-corrected chi connectivity index (χ0v) is 23.7. The summed E-state index contributed by atoms with van der Waals surface area (Å²) in [5, 5.41) is 12.6. The molecule has 2 heterocycles. The summed E-state index contributed by atoms with van der Waals surface area (Å²) in [6.45, 7) is 8.60. The van der Waals surface area contributed by atoms with Crippen LogP contribution in [0.1, 0.15) is 63.5 Å². The standard InChI is InChI=1S/C30H47NO7/c1-5-23(36-15-7-14-33-3)28-30-12-13-31(19-21-8-6-9-21)25(29(30,2)32)18-22-10-11-24(27(38-28)26(22)30)37-20-35-17-16-34-4/h10-11,21,23,25,28,32H,5-9,12-20H2,1-4H3/t23-,25+,28-,29+,30-/m0/s1. The van der Waals surface area contributed by atoms with Gasteiger partial charge < -0.3 is 33.5 Å². The van der Waals surface area contributed by atoms with Gasteiger partial charge in [-0.05, 0) is 69.5 Å². The van der Waals surface area contributed by atoms with Gasteiger partial charge in [0.1, 0.15) is 6.10 Å². The van der Waals surface area contributed by atoms with E-state index in [0.717, 1.165) is 56.0 Å². The van der Waals surface area contributed by atoms with Crippen molar-refractivity contribution in [1.82, 2.24) is 4.90 Å². The van der Waals surface area contributed by atoms with Gasteiger partial charge in [-0.2, -0.15) is 0 Å². The number of hydrogen-bond acceptors (Lipinski definition) is 8. The minimum atomic E-state index is -0.963. The highest BCUT2D eigenvalue weighted by atomic mass is 16.7. The molecule has 1 aromatic rings. The van der Waals surface area contributed by atoms with Crippen LogP contribution in [0.3, 0.4) is 0 Å². The molecule has 2 aliphatic carbocycles. The third kappa shape index (κ3) is 4.86. The van der Waals surface area contributed by atoms with E-state index in [1.807, 2.05) is 6.07 Å². The summed E-state index contributed by atoms with van der Waals surface area (Å²) in [5.41, 5.74) is 0.864. The number of rotatable bonds is 15. The molecular formula is C30H47NO7. The predicted octanol–water partition coefficient (Wildman–Crippen LogP) is 3.70. The van der Waals surface area contributed by atoms with Gasteiger partial charge in [0.15, 0.2) is 18.3 Å². The molecule has 1 N–H and O–H groups in total. The van der Waals surface area contributed by atoms with Gasteiger partial charge >= 0.3 is 0 Å². The lowest BCUT2D eigenvalue weighted by Gasteiger charge is -2.61. The fraction of sp³-hybridized carbons (Fsp3) is 0.800. The number of hydrogen-bond donors (Lipinski definition) is 1. The Morgan fingerprint density at radius 2 is 1.95 bits per heavy atom. The van der Waals surface area contributed by atoms with Crippen molar-refractivity contribution in [3.05, 3.63) is 23.3 Å². The maximum atomic E-state index is 12.6. The van der Waals surface area contributed by atoms with Gasteiger partial charge in [-0.25, -0.2) is 0 Å². The number of ether oxygens (including phenoxy) is 6. The van der Waals surface area contributed by atoms with Crippen molar-refractivity contribution < 1.29 is 33.5 Å². The molecule has 5 atom stereocenters. The zero-order valence-electron chi connectivity index (χ0n) is 23.7. The maximum Gasteiger partial charge on any atom is 0.189 e. The van der Waals surface area contributed by atoms with Gasteiger partial charge in [0.05, 0.1) is 30.3 Å². The fourth-order valence-corrected chi connectivity index (χ4v) is 7.37. The Kier molecular flexibility index (Phi) is 8.87. The van der Waals surface area contributed by atoms with E-state index in [4.69, 9.17) is 28.4 Å². The van der Waals surface area contributed by atoms with Crippen LogP contribution in [-0.2, 0) is 30.8 Å². The second kappa shape index (κ2) is 12.0. The van der Waals surface area contributed by atoms with E-state index < -0.39 is 11.0 Å². The van der Waals surface area contributed by atoms with Crippen molar-refractivity contribution in [3.8, 4) is 11.5 Å². The number of piperidine rings is 1. The summed E-state index contributed by atoms with van der Waals surface area (Å²) in [7, 11) is 3.37. The number of nitrogens with zero attached hydrogens (tertiary/aromatic N) is 1. The molecule has 1 spiro atoms. The largest absolute Gasteiger partial charge is 0.482 e. The first-order valence-corrected chi connectivity index (χ1v) is 14.6. The Balaban J connectivity index is 1.48. The highest BCUT2D eigenvalue weighted by molar-refractivity contribution is 5.62. The molecule has 2 aliphatic heterocycles. The number of aliphatic hydroxyl groups is 1. The van der Waals surface area contributed by atoms with E-state index in [2.05, 4.69) is 24.8 Å². The molecule has 0 aromatic heterocycles. The summed E-state index contributed by atoms with van der Waals surface area (Å²) < 4.78 is 35.3. The van der Waals surface area contributed by atoms with Crippen LogP contribution in [0.25, 0.3) is 0 Å². The molecule has 214 valence electrons. The molecule has 1 aromatic carbocycles. The fourth-order valence-electron chi connectivity index (χ4n) is 7.37. The highest BCUT2D eigenvalue weighted by Crippen LogP contribution is 2.63. The predicted molar refractivity (Wildman–Crippen MR) is 144 cm³/mol. The Hall–Kier alpha value is -1.42. The summed E-state index contributed by atoms with van der Waals surface area (Å²) in [6, 6.07) is 4.24. The highest BCUT2D eigenvalue weighted by Gasteiger charge is 2.69. The molecule has 1 saturated heterocycles. The topological polar surface area (TPSA) is 78.9 Å². The minimum Gasteiger partial charge on any atom is -0.482 e. The molecule has 4 aliphatic rings. The summed E-state index contributed by atoms with van der Waals surface area (Å²) in [5.74, 6) is 2.19. The van der Waals surface area contributed by atoms with Crippen molar-refractivity contribution in [1.29, 1.82) is 0 Å². The molecule has 8 heteroatoms. The number of methoxy groups -OCH3 is 2. The van der Waals surface area contributed by atoms with E-state index >= 15 is 0 Å². The molecule has 5 rings (SSSR count). The third-order valence-corrected chi connectivity index (χ3v) is 9.60. The molecule has 2 bridgehead atoms. The molecule has 0 unspecified atom stereocenters. The minimum absolute atomic E-state index is 0.0524. The van der Waals surface area contributed by atoms with Crippen LogP contribution in [0.2, 0.25) is 0 Å². The van der Waals surface area contributed by atoms with Crippen molar-refractivity contribution >= 4 is 0 Å². The molecule has 38 heavy (non-hydrogen) atoms. The third-order valence-electron chi connectivity index (χ3n) is 9.60. The first-order valence-electron chi connectivity index (χ1n) is 14.6. The van der Waals surface area contributed by atoms with Crippen molar-refractivity contribution in [2.24, 2.45) is 5.92 Å². The quantitative estimate of drug-likeness (QED) is 0.270. The summed E-state index contributed by atoms with van der Waals surface area (Å²) >= 11 is 0. The van der Waals surface area contributed by atoms with Crippen LogP contribution in [0.15, 0.2) is 12.1 Å². The van der Waals surface area contributed by atoms with Gasteiger partial charge in [-0.3, -0.25) is 4.90 Å². The Morgan fingerprint density at radius 1 is 1.13 bits per heavy atom. The van der Waals surface area contributed by atoms with Gasteiger partial charge in [-0.1, -0.05) is 19.4 Å². The van der Waals surface area contributed by atoms with Crippen LogP contribution in [0.5, 0.6) is 11.5 Å². The number of benzene rings is 1. The molecule has 0 amide bonds. The van der Waals surface area contributed by atoms with E-state index in [9.17, 15) is 5.11 Å². The first-order chi connectivity index (χ1) is 18.5. The lowest BCUT2D eigenvalue weighted by atomic mass is 9.52. The van der Waals surface area contributed by atoms with E-state index in [1.54, 1.807) is 14.2 Å². The Morgan fingerprint density at radius 3 is 2.66 bits per heavy atom. The van der Waals surface area contributed by atoms with Crippen molar-refractivity contribution in [3.63, 3.8) is 0 Å². The lowest BCUT2D eigenvalue weighted by Crippen LogP contribution is -2.74. The van der Waals surface area contributed by atoms with Crippen molar-refractivity contribution in [2.45, 2.75) is 88.1 Å². The monoisotopic (exact) mass is 533 g/mol. The zero-order chi connectivity index (χ0) is 26.8. The van der Waals surface area contributed by atoms with Gasteiger partial charge in [0, 0.05) is 45.6 Å². The molecule has 0 radical (unpaired) electrons. The number of likely N-dealkylation sites (tertiary alicyclic amines) is 1. The molecule has 1 saturated carbocycles. The van der Waals surface area contributed by atoms with Crippen LogP contribution in [-0.4, -0.2) is 94.4 Å². The van der Waals surface area contributed by atoms with Crippen LogP contribution < -0.4 is 9.47 Å². The second-order valence-corrected chi connectivity index (χ2v) is 11.7. The average molecular weight is 534 g/mol. The van der Waals surface area contributed by atoms with E-state index in [1.165, 1.54) is 24.8 Å². The summed E-state index contributed by atoms with van der Waals surface area (Å²) in [6.07, 6.45) is 6.77. The first kappa shape index (κ1) is 28.1. The van der Waals surface area contributed by atoms with Crippen LogP contribution in [0, 0.1) is 5.92 Å². The molecule has 2 fully saturated rings. The average Bonchev–Trinajstić information content (AvgIpc) is 3.22. The van der Waals surface area contributed by atoms with Gasteiger partial charge in [-0.15, -0.1) is 0 Å².